The highest BCUT2D eigenvalue weighted by Crippen LogP contribution is 2.14. The second-order valence-corrected chi connectivity index (χ2v) is 8.10. The number of hydrogen-bond acceptors (Lipinski definition) is 5. The standard InChI is InChI=1S/C24H33FN4O4/c1-3-26-24(31)28(11-10-27-12-14-32-15-13-27)18-23(30)29(17-22-9-4-19(2)33-22)16-20-5-7-21(25)8-6-20/h4-9H,3,10-18H2,1-2H3,(H,26,31). The Balaban J connectivity index is 1.70. The molecule has 0 atom stereocenters. The molecule has 1 aromatic carbocycles. The van der Waals surface area contributed by atoms with Crippen LogP contribution in [0.15, 0.2) is 40.8 Å². The summed E-state index contributed by atoms with van der Waals surface area (Å²) < 4.78 is 24.4. The normalized spacial score (nSPS) is 14.2. The van der Waals surface area contributed by atoms with E-state index in [-0.39, 0.29) is 37.4 Å². The summed E-state index contributed by atoms with van der Waals surface area (Å²) in [6.45, 7) is 8.73. The number of halogens is 1. The molecule has 3 rings (SSSR count). The third-order valence-electron chi connectivity index (χ3n) is 5.51. The fourth-order valence-corrected chi connectivity index (χ4v) is 3.67. The van der Waals surface area contributed by atoms with Gasteiger partial charge in [0.05, 0.1) is 19.8 Å². The second-order valence-electron chi connectivity index (χ2n) is 8.10. The molecule has 0 unspecified atom stereocenters. The van der Waals surface area contributed by atoms with Crippen LogP contribution in [0.5, 0.6) is 0 Å². The number of benzene rings is 1. The van der Waals surface area contributed by atoms with Gasteiger partial charge < -0.3 is 24.3 Å². The van der Waals surface area contributed by atoms with Crippen LogP contribution in [-0.4, -0.2) is 79.1 Å². The largest absolute Gasteiger partial charge is 0.464 e. The highest BCUT2D eigenvalue weighted by Gasteiger charge is 2.23. The number of carbonyl (C=O) groups excluding carboxylic acids is 2. The maximum absolute atomic E-state index is 13.4. The first-order valence-electron chi connectivity index (χ1n) is 11.3. The molecule has 0 saturated carbocycles. The maximum Gasteiger partial charge on any atom is 0.317 e. The van der Waals surface area contributed by atoms with E-state index in [1.807, 2.05) is 26.0 Å². The average Bonchev–Trinajstić information content (AvgIpc) is 3.22. The van der Waals surface area contributed by atoms with Gasteiger partial charge in [0.25, 0.3) is 0 Å². The van der Waals surface area contributed by atoms with Crippen LogP contribution in [0.25, 0.3) is 0 Å². The topological polar surface area (TPSA) is 78.3 Å². The van der Waals surface area contributed by atoms with Crippen LogP contribution in [0, 0.1) is 12.7 Å². The van der Waals surface area contributed by atoms with Crippen molar-refractivity contribution in [2.24, 2.45) is 0 Å². The first-order chi connectivity index (χ1) is 15.9. The Morgan fingerprint density at radius 2 is 1.79 bits per heavy atom. The van der Waals surface area contributed by atoms with Crippen LogP contribution in [0.4, 0.5) is 9.18 Å². The van der Waals surface area contributed by atoms with Crippen molar-refractivity contribution >= 4 is 11.9 Å². The Labute approximate surface area is 194 Å². The van der Waals surface area contributed by atoms with Crippen LogP contribution in [0.2, 0.25) is 0 Å². The first kappa shape index (κ1) is 24.7. The number of aryl methyl sites for hydroxylation is 1. The van der Waals surface area contributed by atoms with Gasteiger partial charge in [0.2, 0.25) is 5.91 Å². The molecule has 1 aliphatic heterocycles. The maximum atomic E-state index is 13.4. The lowest BCUT2D eigenvalue weighted by Gasteiger charge is -2.31. The summed E-state index contributed by atoms with van der Waals surface area (Å²) in [5.74, 6) is 0.875. The van der Waals surface area contributed by atoms with Gasteiger partial charge in [-0.15, -0.1) is 0 Å². The Hall–Kier alpha value is -2.91. The van der Waals surface area contributed by atoms with Crippen LogP contribution >= 0.6 is 0 Å². The van der Waals surface area contributed by atoms with E-state index in [9.17, 15) is 14.0 Å². The van der Waals surface area contributed by atoms with Crippen molar-refractivity contribution in [3.63, 3.8) is 0 Å². The molecule has 180 valence electrons. The van der Waals surface area contributed by atoms with Gasteiger partial charge in [-0.2, -0.15) is 0 Å². The Morgan fingerprint density at radius 1 is 1.06 bits per heavy atom. The quantitative estimate of drug-likeness (QED) is 0.590. The molecule has 0 radical (unpaired) electrons. The molecule has 33 heavy (non-hydrogen) atoms. The summed E-state index contributed by atoms with van der Waals surface area (Å²) in [7, 11) is 0. The molecule has 0 spiro atoms. The van der Waals surface area contributed by atoms with Crippen LogP contribution < -0.4 is 5.32 Å². The number of urea groups is 1. The average molecular weight is 461 g/mol. The van der Waals surface area contributed by atoms with Crippen LogP contribution in [0.3, 0.4) is 0 Å². The fourth-order valence-electron chi connectivity index (χ4n) is 3.67. The van der Waals surface area contributed by atoms with Crippen molar-refractivity contribution in [2.45, 2.75) is 26.9 Å². The van der Waals surface area contributed by atoms with Gasteiger partial charge in [-0.3, -0.25) is 9.69 Å². The summed E-state index contributed by atoms with van der Waals surface area (Å²) in [5.41, 5.74) is 0.797. The summed E-state index contributed by atoms with van der Waals surface area (Å²) in [6, 6.07) is 9.47. The van der Waals surface area contributed by atoms with Crippen molar-refractivity contribution in [3.8, 4) is 0 Å². The van der Waals surface area contributed by atoms with Crippen molar-refractivity contribution in [3.05, 3.63) is 59.3 Å². The van der Waals surface area contributed by atoms with E-state index in [1.165, 1.54) is 12.1 Å². The lowest BCUT2D eigenvalue weighted by atomic mass is 10.2. The number of rotatable bonds is 10. The van der Waals surface area contributed by atoms with Gasteiger partial charge in [-0.05, 0) is 43.7 Å². The number of ether oxygens (including phenoxy) is 1. The number of nitrogens with one attached hydrogen (secondary N) is 1. The number of amides is 3. The molecule has 9 heteroatoms. The van der Waals surface area contributed by atoms with E-state index in [2.05, 4.69) is 10.2 Å². The molecular weight excluding hydrogens is 427 g/mol. The van der Waals surface area contributed by atoms with E-state index in [0.717, 1.165) is 24.4 Å². The lowest BCUT2D eigenvalue weighted by Crippen LogP contribution is -2.49. The first-order valence-corrected chi connectivity index (χ1v) is 11.3. The van der Waals surface area contributed by atoms with Crippen molar-refractivity contribution < 1.29 is 23.1 Å². The molecule has 0 aliphatic carbocycles. The minimum Gasteiger partial charge on any atom is -0.464 e. The fraction of sp³-hybridized carbons (Fsp3) is 0.500. The van der Waals surface area contributed by atoms with E-state index in [4.69, 9.17) is 9.15 Å². The molecule has 0 bridgehead atoms. The van der Waals surface area contributed by atoms with E-state index >= 15 is 0 Å². The molecule has 8 nitrogen and oxygen atoms in total. The molecule has 1 fully saturated rings. The zero-order valence-corrected chi connectivity index (χ0v) is 19.4. The minimum atomic E-state index is -0.330. The molecule has 1 N–H and O–H groups in total. The molecule has 2 aromatic rings. The SMILES string of the molecule is CCNC(=O)N(CCN1CCOCC1)CC(=O)N(Cc1ccc(F)cc1)Cc1ccc(C)o1. The number of furan rings is 1. The smallest absolute Gasteiger partial charge is 0.317 e. The minimum absolute atomic E-state index is 0.0585. The second kappa shape index (κ2) is 12.4. The highest BCUT2D eigenvalue weighted by molar-refractivity contribution is 5.84. The zero-order valence-electron chi connectivity index (χ0n) is 19.4. The zero-order chi connectivity index (χ0) is 23.6. The van der Waals surface area contributed by atoms with Gasteiger partial charge in [0, 0.05) is 39.3 Å². The predicted octanol–water partition coefficient (Wildman–Crippen LogP) is 2.62. The van der Waals surface area contributed by atoms with Crippen molar-refractivity contribution in [1.82, 2.24) is 20.0 Å². The summed E-state index contributed by atoms with van der Waals surface area (Å²) in [5, 5.41) is 2.80. The van der Waals surface area contributed by atoms with E-state index < -0.39 is 0 Å². The lowest BCUT2D eigenvalue weighted by molar-refractivity contribution is -0.133. The third kappa shape index (κ3) is 7.87. The third-order valence-corrected chi connectivity index (χ3v) is 5.51. The van der Waals surface area contributed by atoms with Crippen LogP contribution in [-0.2, 0) is 22.6 Å². The molecule has 3 amide bonds. The summed E-state index contributed by atoms with van der Waals surface area (Å²) in [6.07, 6.45) is 0. The summed E-state index contributed by atoms with van der Waals surface area (Å²) in [4.78, 5) is 31.4. The summed E-state index contributed by atoms with van der Waals surface area (Å²) >= 11 is 0. The van der Waals surface area contributed by atoms with Crippen molar-refractivity contribution in [1.29, 1.82) is 0 Å². The molecular formula is C24H33FN4O4. The monoisotopic (exact) mass is 460 g/mol. The molecule has 2 heterocycles. The van der Waals surface area contributed by atoms with E-state index in [1.54, 1.807) is 21.9 Å². The Morgan fingerprint density at radius 3 is 2.42 bits per heavy atom. The van der Waals surface area contributed by atoms with Crippen molar-refractivity contribution in [2.75, 3.05) is 52.5 Å². The number of nitrogens with zero attached hydrogens (tertiary/aromatic N) is 3. The van der Waals surface area contributed by atoms with Gasteiger partial charge in [0.1, 0.15) is 23.9 Å². The highest BCUT2D eigenvalue weighted by atomic mass is 19.1. The molecule has 1 aliphatic rings. The molecule has 1 saturated heterocycles. The Bertz CT molecular complexity index is 896. The molecule has 1 aromatic heterocycles. The van der Waals surface area contributed by atoms with Crippen LogP contribution in [0.1, 0.15) is 24.0 Å². The van der Waals surface area contributed by atoms with Gasteiger partial charge in [-0.25, -0.2) is 9.18 Å². The van der Waals surface area contributed by atoms with E-state index in [0.29, 0.717) is 38.6 Å². The number of morpholine rings is 1. The van der Waals surface area contributed by atoms with Gasteiger partial charge >= 0.3 is 6.03 Å². The van der Waals surface area contributed by atoms with Gasteiger partial charge in [0.15, 0.2) is 0 Å². The predicted molar refractivity (Wildman–Crippen MR) is 122 cm³/mol. The number of carbonyl (C=O) groups is 2. The Kier molecular flexibility index (Phi) is 9.26. The van der Waals surface area contributed by atoms with Gasteiger partial charge in [-0.1, -0.05) is 12.1 Å². The number of hydrogen-bond donors (Lipinski definition) is 1.